The van der Waals surface area contributed by atoms with Crippen LogP contribution >= 0.6 is 0 Å². The summed E-state index contributed by atoms with van der Waals surface area (Å²) in [7, 11) is 0. The Morgan fingerprint density at radius 1 is 1.38 bits per heavy atom. The molecule has 13 heavy (non-hydrogen) atoms. The average molecular weight is 372 g/mol. The molecule has 0 amide bonds. The second-order valence-corrected chi connectivity index (χ2v) is 5.39. The predicted octanol–water partition coefficient (Wildman–Crippen LogP) is 1.13. The summed E-state index contributed by atoms with van der Waals surface area (Å²) in [6.07, 6.45) is 0. The predicted molar refractivity (Wildman–Crippen MR) is 51.3 cm³/mol. The van der Waals surface area contributed by atoms with Gasteiger partial charge in [-0.1, -0.05) is 0 Å². The van der Waals surface area contributed by atoms with Gasteiger partial charge in [0, 0.05) is 0 Å². The molecule has 0 unspecified atom stereocenters. The molecule has 1 radical (unpaired) electrons. The number of benzene rings is 1. The number of fused-ring (bicyclic) bond motifs is 1. The van der Waals surface area contributed by atoms with E-state index in [0.717, 1.165) is 11.3 Å². The summed E-state index contributed by atoms with van der Waals surface area (Å²) in [6.45, 7) is 4.52. The van der Waals surface area contributed by atoms with Gasteiger partial charge in [0.25, 0.3) is 0 Å². The normalized spacial score (nSPS) is 18.9. The van der Waals surface area contributed by atoms with Crippen molar-refractivity contribution in [2.24, 2.45) is 0 Å². The zero-order valence-electron chi connectivity index (χ0n) is 7.66. The third kappa shape index (κ3) is 2.03. The fourth-order valence-electron chi connectivity index (χ4n) is 1.31. The Morgan fingerprint density at radius 3 is 2.92 bits per heavy atom. The van der Waals surface area contributed by atoms with Crippen LogP contribution in [0.3, 0.4) is 0 Å². The van der Waals surface area contributed by atoms with Crippen molar-refractivity contribution in [3.8, 4) is 5.75 Å². The van der Waals surface area contributed by atoms with Crippen LogP contribution in [0.25, 0.3) is 0 Å². The van der Waals surface area contributed by atoms with E-state index in [1.54, 1.807) is 0 Å². The molecule has 0 N–H and O–H groups in total. The Labute approximate surface area is 93.4 Å². The first kappa shape index (κ1) is 9.43. The van der Waals surface area contributed by atoms with Gasteiger partial charge in [-0.2, -0.15) is 0 Å². The first-order valence-corrected chi connectivity index (χ1v) is 5.78. The molecule has 69 valence electrons. The molecule has 1 heterocycles. The van der Waals surface area contributed by atoms with Crippen LogP contribution in [0, 0.1) is 0 Å². The zero-order chi connectivity index (χ0) is 9.47. The van der Waals surface area contributed by atoms with Crippen molar-refractivity contribution in [2.75, 3.05) is 0 Å². The summed E-state index contributed by atoms with van der Waals surface area (Å²) in [4.78, 5) is 0. The van der Waals surface area contributed by atoms with Crippen molar-refractivity contribution >= 4 is 28.3 Å². The fourth-order valence-corrected chi connectivity index (χ4v) is 2.13. The molecule has 2 rings (SSSR count). The van der Waals surface area contributed by atoms with Gasteiger partial charge in [-0.25, -0.2) is 0 Å². The van der Waals surface area contributed by atoms with Crippen LogP contribution in [-0.2, 0) is 11.3 Å². The Bertz CT molecular complexity index is 334. The van der Waals surface area contributed by atoms with E-state index < -0.39 is 5.79 Å². The Balaban J connectivity index is 2.37. The second-order valence-electron chi connectivity index (χ2n) is 3.56. The van der Waals surface area contributed by atoms with E-state index >= 15 is 0 Å². The minimum atomic E-state index is -0.477. The maximum absolute atomic E-state index is 5.66. The van der Waals surface area contributed by atoms with Crippen LogP contribution in [0.2, 0.25) is 0 Å². The molecule has 3 heteroatoms. The Morgan fingerprint density at radius 2 is 2.15 bits per heavy atom. The van der Waals surface area contributed by atoms with Crippen LogP contribution in [0.15, 0.2) is 18.2 Å². The second kappa shape index (κ2) is 3.22. The monoisotopic (exact) mass is 372 g/mol. The molecule has 0 fully saturated rings. The number of ether oxygens (including phenoxy) is 2. The average Bonchev–Trinajstić information content (AvgIpc) is 2.05. The van der Waals surface area contributed by atoms with Gasteiger partial charge in [-0.3, -0.25) is 0 Å². The molecular weight excluding hydrogens is 361 g/mol. The van der Waals surface area contributed by atoms with Crippen molar-refractivity contribution in [2.45, 2.75) is 26.2 Å². The van der Waals surface area contributed by atoms with Crippen molar-refractivity contribution < 1.29 is 9.47 Å². The molecule has 0 bridgehead atoms. The summed E-state index contributed by atoms with van der Waals surface area (Å²) in [5, 5.41) is 0. The third-order valence-electron chi connectivity index (χ3n) is 1.96. The molecule has 0 aromatic heterocycles. The standard InChI is InChI=1S/C10H11O2.Po/c1-10(2)11-7-8-5-3-4-6-9(8)12-10;/h4-6H,7H2,1-2H3;. The van der Waals surface area contributed by atoms with E-state index in [-0.39, 0.29) is 0 Å². The van der Waals surface area contributed by atoms with E-state index in [0.29, 0.717) is 6.61 Å². The van der Waals surface area contributed by atoms with E-state index in [2.05, 4.69) is 12.1 Å². The van der Waals surface area contributed by atoms with Gasteiger partial charge in [-0.15, -0.1) is 0 Å². The van der Waals surface area contributed by atoms with Crippen molar-refractivity contribution in [1.29, 1.82) is 0 Å². The minimum absolute atomic E-state index is 0.477. The Hall–Kier alpha value is -0.124. The quantitative estimate of drug-likeness (QED) is 0.680. The SMILES string of the molecule is CC1(C)OCc2c[c]([Po])ccc2O1. The molecular formula is C10H11O2Po. The molecule has 0 aliphatic carbocycles. The maximum atomic E-state index is 5.66. The third-order valence-corrected chi connectivity index (χ3v) is 2.95. The molecule has 0 spiro atoms. The van der Waals surface area contributed by atoms with Gasteiger partial charge in [0.2, 0.25) is 0 Å². The molecule has 0 atom stereocenters. The number of hydrogen-bond donors (Lipinski definition) is 0. The van der Waals surface area contributed by atoms with Crippen LogP contribution in [0.1, 0.15) is 19.4 Å². The summed E-state index contributed by atoms with van der Waals surface area (Å²) in [5.74, 6) is 0.482. The van der Waals surface area contributed by atoms with Gasteiger partial charge in [0.1, 0.15) is 0 Å². The van der Waals surface area contributed by atoms with E-state index in [1.165, 1.54) is 28.3 Å². The molecule has 0 saturated heterocycles. The number of rotatable bonds is 0. The molecule has 2 nitrogen and oxygen atoms in total. The van der Waals surface area contributed by atoms with E-state index in [4.69, 9.17) is 9.47 Å². The van der Waals surface area contributed by atoms with Gasteiger partial charge >= 0.3 is 93.5 Å². The number of hydrogen-bond acceptors (Lipinski definition) is 2. The van der Waals surface area contributed by atoms with Crippen LogP contribution < -0.4 is 7.96 Å². The molecule has 1 aromatic rings. The first-order chi connectivity index (χ1) is 6.07. The van der Waals surface area contributed by atoms with Crippen LogP contribution in [-0.4, -0.2) is 30.9 Å². The van der Waals surface area contributed by atoms with Crippen molar-refractivity contribution in [1.82, 2.24) is 0 Å². The molecule has 1 aromatic carbocycles. The molecule has 0 saturated carbocycles. The topological polar surface area (TPSA) is 18.5 Å². The van der Waals surface area contributed by atoms with Gasteiger partial charge in [0.15, 0.2) is 0 Å². The summed E-state index contributed by atoms with van der Waals surface area (Å²) in [6, 6.07) is 6.26. The van der Waals surface area contributed by atoms with Gasteiger partial charge < -0.3 is 0 Å². The van der Waals surface area contributed by atoms with Gasteiger partial charge in [0.05, 0.1) is 0 Å². The summed E-state index contributed by atoms with van der Waals surface area (Å²) in [5.41, 5.74) is 1.16. The first-order valence-electron chi connectivity index (χ1n) is 4.20. The van der Waals surface area contributed by atoms with Crippen LogP contribution in [0.4, 0.5) is 0 Å². The van der Waals surface area contributed by atoms with Crippen molar-refractivity contribution in [3.63, 3.8) is 0 Å². The summed E-state index contributed by atoms with van der Waals surface area (Å²) < 4.78 is 12.5. The Kier molecular flexibility index (Phi) is 2.34. The van der Waals surface area contributed by atoms with Crippen LogP contribution in [0.5, 0.6) is 5.75 Å². The van der Waals surface area contributed by atoms with Gasteiger partial charge in [-0.05, 0) is 0 Å². The molecule has 1 aliphatic rings. The fraction of sp³-hybridized carbons (Fsp3) is 0.400. The summed E-state index contributed by atoms with van der Waals surface area (Å²) >= 11 is 1.47. The zero-order valence-corrected chi connectivity index (χ0v) is 10.8. The molecule has 1 aliphatic heterocycles. The van der Waals surface area contributed by atoms with E-state index in [1.807, 2.05) is 19.9 Å². The van der Waals surface area contributed by atoms with E-state index in [9.17, 15) is 0 Å². The van der Waals surface area contributed by atoms with Crippen molar-refractivity contribution in [3.05, 3.63) is 23.8 Å².